The molecule has 0 aliphatic rings. The topological polar surface area (TPSA) is 61.6 Å². The lowest BCUT2D eigenvalue weighted by molar-refractivity contribution is 0.0559. The predicted molar refractivity (Wildman–Crippen MR) is 63.9 cm³/mol. The summed E-state index contributed by atoms with van der Waals surface area (Å²) in [7, 11) is 2.59. The molecule has 7 heteroatoms. The van der Waals surface area contributed by atoms with Crippen LogP contribution >= 0.6 is 0 Å². The summed E-state index contributed by atoms with van der Waals surface area (Å²) in [6, 6.07) is 2.94. The van der Waals surface area contributed by atoms with E-state index in [1.165, 1.54) is 20.3 Å². The minimum atomic E-state index is -0.841. The van der Waals surface area contributed by atoms with Crippen molar-refractivity contribution in [3.63, 3.8) is 0 Å². The Bertz CT molecular complexity index is 639. The highest BCUT2D eigenvalue weighted by molar-refractivity contribution is 5.87. The van der Waals surface area contributed by atoms with Crippen LogP contribution in [0.5, 0.6) is 0 Å². The molecular weight excluding hydrogens is 272 g/mol. The van der Waals surface area contributed by atoms with Crippen molar-refractivity contribution in [1.82, 2.24) is 4.98 Å². The smallest absolute Gasteiger partial charge is 0.376 e. The number of carbonyl (C=O) groups excluding carboxylic acids is 1. The number of esters is 1. The average molecular weight is 283 g/mol. The van der Waals surface area contributed by atoms with Gasteiger partial charge in [-0.25, -0.2) is 18.6 Å². The highest BCUT2D eigenvalue weighted by Crippen LogP contribution is 2.26. The molecule has 0 bridgehead atoms. The first-order valence-corrected chi connectivity index (χ1v) is 5.59. The van der Waals surface area contributed by atoms with Crippen molar-refractivity contribution in [2.24, 2.45) is 0 Å². The van der Waals surface area contributed by atoms with Gasteiger partial charge in [0.25, 0.3) is 0 Å². The Kier molecular flexibility index (Phi) is 4.09. The van der Waals surface area contributed by atoms with Crippen molar-refractivity contribution in [1.29, 1.82) is 0 Å². The van der Waals surface area contributed by atoms with Gasteiger partial charge in [0.05, 0.1) is 19.3 Å². The molecular formula is C13H11F2NO4. The van der Waals surface area contributed by atoms with Crippen molar-refractivity contribution in [2.75, 3.05) is 14.2 Å². The van der Waals surface area contributed by atoms with Gasteiger partial charge in [-0.3, -0.25) is 0 Å². The lowest BCUT2D eigenvalue weighted by atomic mass is 10.2. The van der Waals surface area contributed by atoms with Crippen molar-refractivity contribution in [3.05, 3.63) is 41.3 Å². The number of hydrogen-bond acceptors (Lipinski definition) is 5. The van der Waals surface area contributed by atoms with E-state index in [-0.39, 0.29) is 29.5 Å². The van der Waals surface area contributed by atoms with Gasteiger partial charge in [0.2, 0.25) is 11.7 Å². The van der Waals surface area contributed by atoms with Gasteiger partial charge in [0.1, 0.15) is 17.3 Å². The van der Waals surface area contributed by atoms with Gasteiger partial charge in [0, 0.05) is 13.2 Å². The highest BCUT2D eigenvalue weighted by Gasteiger charge is 2.23. The molecule has 5 nitrogen and oxygen atoms in total. The number of halogens is 2. The van der Waals surface area contributed by atoms with E-state index in [4.69, 9.17) is 9.15 Å². The summed E-state index contributed by atoms with van der Waals surface area (Å²) >= 11 is 0. The van der Waals surface area contributed by atoms with E-state index < -0.39 is 17.6 Å². The van der Waals surface area contributed by atoms with Crippen LogP contribution < -0.4 is 0 Å². The van der Waals surface area contributed by atoms with Crippen molar-refractivity contribution in [2.45, 2.75) is 6.61 Å². The summed E-state index contributed by atoms with van der Waals surface area (Å²) in [6.07, 6.45) is 0. The molecule has 0 fully saturated rings. The minimum absolute atomic E-state index is 0.00323. The van der Waals surface area contributed by atoms with E-state index in [2.05, 4.69) is 9.72 Å². The van der Waals surface area contributed by atoms with Crippen LogP contribution in [0.4, 0.5) is 8.78 Å². The van der Waals surface area contributed by atoms with Crippen LogP contribution in [0.3, 0.4) is 0 Å². The number of ether oxygens (including phenoxy) is 2. The molecule has 0 atom stereocenters. The van der Waals surface area contributed by atoms with E-state index >= 15 is 0 Å². The lowest BCUT2D eigenvalue weighted by Gasteiger charge is -1.98. The Labute approximate surface area is 113 Å². The van der Waals surface area contributed by atoms with E-state index in [9.17, 15) is 13.6 Å². The molecule has 0 saturated carbocycles. The van der Waals surface area contributed by atoms with Crippen molar-refractivity contribution >= 4 is 5.97 Å². The molecule has 1 aromatic heterocycles. The molecule has 1 heterocycles. The van der Waals surface area contributed by atoms with Crippen LogP contribution in [0.1, 0.15) is 16.2 Å². The SMILES string of the molecule is COCc1nc(-c2ccc(F)cc2F)oc1C(=O)OC. The molecule has 2 rings (SSSR count). The van der Waals surface area contributed by atoms with Crippen LogP contribution in [0.15, 0.2) is 22.6 Å². The second kappa shape index (κ2) is 5.79. The first-order valence-electron chi connectivity index (χ1n) is 5.59. The summed E-state index contributed by atoms with van der Waals surface area (Å²) in [5.41, 5.74) is 0.122. The molecule has 0 radical (unpaired) electrons. The minimum Gasteiger partial charge on any atom is -0.463 e. The van der Waals surface area contributed by atoms with Gasteiger partial charge >= 0.3 is 5.97 Å². The van der Waals surface area contributed by atoms with Crippen LogP contribution in [0.25, 0.3) is 11.5 Å². The number of benzene rings is 1. The van der Waals surface area contributed by atoms with Crippen LogP contribution in [0, 0.1) is 11.6 Å². The fourth-order valence-electron chi connectivity index (χ4n) is 1.62. The molecule has 0 amide bonds. The molecule has 0 unspecified atom stereocenters. The average Bonchev–Trinajstić information content (AvgIpc) is 2.82. The number of nitrogens with zero attached hydrogens (tertiary/aromatic N) is 1. The summed E-state index contributed by atoms with van der Waals surface area (Å²) in [6.45, 7) is -0.00323. The quantitative estimate of drug-likeness (QED) is 0.807. The maximum Gasteiger partial charge on any atom is 0.376 e. The summed E-state index contributed by atoms with van der Waals surface area (Å²) in [5.74, 6) is -2.63. The Morgan fingerprint density at radius 1 is 1.35 bits per heavy atom. The first kappa shape index (κ1) is 14.1. The fourth-order valence-corrected chi connectivity index (χ4v) is 1.62. The third-order valence-electron chi connectivity index (χ3n) is 2.51. The van der Waals surface area contributed by atoms with E-state index in [1.807, 2.05) is 0 Å². The van der Waals surface area contributed by atoms with E-state index in [0.29, 0.717) is 6.07 Å². The van der Waals surface area contributed by atoms with E-state index in [1.54, 1.807) is 0 Å². The van der Waals surface area contributed by atoms with Gasteiger partial charge in [-0.2, -0.15) is 0 Å². The number of methoxy groups -OCH3 is 2. The molecule has 0 spiro atoms. The van der Waals surface area contributed by atoms with Crippen molar-refractivity contribution < 1.29 is 27.5 Å². The molecule has 20 heavy (non-hydrogen) atoms. The summed E-state index contributed by atoms with van der Waals surface area (Å²) in [5, 5.41) is 0. The Morgan fingerprint density at radius 2 is 2.10 bits per heavy atom. The van der Waals surface area contributed by atoms with Crippen LogP contribution in [0.2, 0.25) is 0 Å². The molecule has 2 aromatic rings. The zero-order chi connectivity index (χ0) is 14.7. The summed E-state index contributed by atoms with van der Waals surface area (Å²) < 4.78 is 41.1. The number of oxazole rings is 1. The lowest BCUT2D eigenvalue weighted by Crippen LogP contribution is -2.04. The monoisotopic (exact) mass is 283 g/mol. The van der Waals surface area contributed by atoms with Gasteiger partial charge in [-0.1, -0.05) is 0 Å². The predicted octanol–water partition coefficient (Wildman–Crippen LogP) is 2.55. The van der Waals surface area contributed by atoms with Gasteiger partial charge in [0.15, 0.2) is 0 Å². The van der Waals surface area contributed by atoms with Crippen LogP contribution in [-0.2, 0) is 16.1 Å². The molecule has 0 aliphatic heterocycles. The first-order chi connectivity index (χ1) is 9.56. The number of carbonyl (C=O) groups is 1. The normalized spacial score (nSPS) is 10.6. The van der Waals surface area contributed by atoms with Crippen LogP contribution in [-0.4, -0.2) is 25.2 Å². The van der Waals surface area contributed by atoms with E-state index in [0.717, 1.165) is 6.07 Å². The second-order valence-corrected chi connectivity index (χ2v) is 3.84. The van der Waals surface area contributed by atoms with Gasteiger partial charge in [-0.15, -0.1) is 0 Å². The molecule has 1 aromatic carbocycles. The molecule has 0 aliphatic carbocycles. The maximum absolute atomic E-state index is 13.7. The maximum atomic E-state index is 13.7. The standard InChI is InChI=1S/C13H11F2NO4/c1-18-6-10-11(13(17)19-2)20-12(16-10)8-4-3-7(14)5-9(8)15/h3-5H,6H2,1-2H3. The molecule has 0 saturated heterocycles. The van der Waals surface area contributed by atoms with Gasteiger partial charge in [-0.05, 0) is 12.1 Å². The number of rotatable bonds is 4. The highest BCUT2D eigenvalue weighted by atomic mass is 19.1. The van der Waals surface area contributed by atoms with Gasteiger partial charge < -0.3 is 13.9 Å². The number of aromatic nitrogens is 1. The van der Waals surface area contributed by atoms with Crippen molar-refractivity contribution in [3.8, 4) is 11.5 Å². The Hall–Kier alpha value is -2.28. The fraction of sp³-hybridized carbons (Fsp3) is 0.231. The third kappa shape index (κ3) is 2.67. The third-order valence-corrected chi connectivity index (χ3v) is 2.51. The largest absolute Gasteiger partial charge is 0.463 e. The summed E-state index contributed by atoms with van der Waals surface area (Å²) in [4.78, 5) is 15.5. The Morgan fingerprint density at radius 3 is 2.70 bits per heavy atom. The molecule has 106 valence electrons. The zero-order valence-corrected chi connectivity index (χ0v) is 10.8. The second-order valence-electron chi connectivity index (χ2n) is 3.84. The number of hydrogen-bond donors (Lipinski definition) is 0. The molecule has 0 N–H and O–H groups in total. The Balaban J connectivity index is 2.49. The zero-order valence-electron chi connectivity index (χ0n) is 10.8.